The van der Waals surface area contributed by atoms with Crippen LogP contribution in [-0.2, 0) is 4.79 Å². The molecular weight excluding hydrogens is 368 g/mol. The zero-order chi connectivity index (χ0) is 21.2. The monoisotopic (exact) mass is 398 g/mol. The van der Waals surface area contributed by atoms with Crippen molar-refractivity contribution < 1.29 is 19.1 Å². The second kappa shape index (κ2) is 11.1. The highest BCUT2D eigenvalue weighted by Gasteiger charge is 2.09. The Bertz CT molecular complexity index is 786. The van der Waals surface area contributed by atoms with Crippen molar-refractivity contribution in [3.05, 3.63) is 59.7 Å². The first-order valence-electron chi connectivity index (χ1n) is 9.93. The van der Waals surface area contributed by atoms with Crippen LogP contribution < -0.4 is 20.3 Å². The Morgan fingerprint density at radius 3 is 2.03 bits per heavy atom. The molecule has 0 unspecified atom stereocenters. The minimum Gasteiger partial charge on any atom is -0.493 e. The average Bonchev–Trinajstić information content (AvgIpc) is 2.74. The molecule has 0 saturated heterocycles. The number of carbonyl (C=O) groups excluding carboxylic acids is 2. The van der Waals surface area contributed by atoms with E-state index in [1.807, 2.05) is 24.3 Å². The standard InChI is InChI=1S/C23H30N2O4/c1-5-17(4)18-6-10-21(11-7-18)29-15-22(26)24-25-23(27)19-8-12-20(13-9-19)28-14-16(2)3/h6-13,16-17H,5,14-15H2,1-4H3,(H,24,26)(H,25,27)/t17-/m0/s1. The smallest absolute Gasteiger partial charge is 0.276 e. The van der Waals surface area contributed by atoms with Crippen LogP contribution in [0.4, 0.5) is 0 Å². The molecule has 0 fully saturated rings. The molecule has 2 rings (SSSR count). The second-order valence-electron chi connectivity index (χ2n) is 7.40. The van der Waals surface area contributed by atoms with E-state index in [2.05, 4.69) is 38.5 Å². The van der Waals surface area contributed by atoms with E-state index >= 15 is 0 Å². The van der Waals surface area contributed by atoms with Gasteiger partial charge in [-0.25, -0.2) is 0 Å². The van der Waals surface area contributed by atoms with Gasteiger partial charge in [0.1, 0.15) is 11.5 Å². The van der Waals surface area contributed by atoms with Gasteiger partial charge in [0, 0.05) is 5.56 Å². The molecule has 2 amide bonds. The molecule has 0 aliphatic rings. The fourth-order valence-corrected chi connectivity index (χ4v) is 2.48. The van der Waals surface area contributed by atoms with Crippen LogP contribution in [0.1, 0.15) is 56.0 Å². The van der Waals surface area contributed by atoms with Crippen molar-refractivity contribution in [3.63, 3.8) is 0 Å². The first-order chi connectivity index (χ1) is 13.9. The molecule has 156 valence electrons. The van der Waals surface area contributed by atoms with Gasteiger partial charge in [-0.1, -0.05) is 39.8 Å². The summed E-state index contributed by atoms with van der Waals surface area (Å²) in [6, 6.07) is 14.4. The molecule has 6 nitrogen and oxygen atoms in total. The highest BCUT2D eigenvalue weighted by molar-refractivity contribution is 5.95. The lowest BCUT2D eigenvalue weighted by atomic mass is 9.99. The van der Waals surface area contributed by atoms with Gasteiger partial charge >= 0.3 is 0 Å². The number of carbonyl (C=O) groups is 2. The number of nitrogens with one attached hydrogen (secondary N) is 2. The Morgan fingerprint density at radius 1 is 0.862 bits per heavy atom. The van der Waals surface area contributed by atoms with Gasteiger partial charge in [0.25, 0.3) is 11.8 Å². The maximum absolute atomic E-state index is 12.1. The van der Waals surface area contributed by atoms with E-state index in [-0.39, 0.29) is 6.61 Å². The van der Waals surface area contributed by atoms with Crippen LogP contribution in [0.25, 0.3) is 0 Å². The van der Waals surface area contributed by atoms with Gasteiger partial charge in [-0.05, 0) is 60.2 Å². The minimum absolute atomic E-state index is 0.190. The van der Waals surface area contributed by atoms with Gasteiger partial charge in [0.15, 0.2) is 6.61 Å². The number of hydrogen-bond donors (Lipinski definition) is 2. The normalized spacial score (nSPS) is 11.6. The molecule has 6 heteroatoms. The molecule has 2 aromatic rings. The number of benzene rings is 2. The maximum Gasteiger partial charge on any atom is 0.276 e. The van der Waals surface area contributed by atoms with Crippen molar-refractivity contribution in [2.45, 2.75) is 40.0 Å². The highest BCUT2D eigenvalue weighted by Crippen LogP contribution is 2.21. The largest absolute Gasteiger partial charge is 0.493 e. The first-order valence-corrected chi connectivity index (χ1v) is 9.93. The SMILES string of the molecule is CC[C@H](C)c1ccc(OCC(=O)NNC(=O)c2ccc(OCC(C)C)cc2)cc1. The molecule has 0 bridgehead atoms. The van der Waals surface area contributed by atoms with Crippen molar-refractivity contribution >= 4 is 11.8 Å². The maximum atomic E-state index is 12.1. The zero-order valence-electron chi connectivity index (χ0n) is 17.5. The zero-order valence-corrected chi connectivity index (χ0v) is 17.5. The van der Waals surface area contributed by atoms with Crippen molar-refractivity contribution in [2.24, 2.45) is 5.92 Å². The molecule has 0 heterocycles. The summed E-state index contributed by atoms with van der Waals surface area (Å²) in [6.07, 6.45) is 1.07. The number of rotatable bonds is 9. The lowest BCUT2D eigenvalue weighted by molar-refractivity contribution is -0.123. The fourth-order valence-electron chi connectivity index (χ4n) is 2.48. The van der Waals surface area contributed by atoms with Gasteiger partial charge < -0.3 is 9.47 Å². The van der Waals surface area contributed by atoms with Crippen molar-refractivity contribution in [1.29, 1.82) is 0 Å². The summed E-state index contributed by atoms with van der Waals surface area (Å²) in [6.45, 7) is 8.86. The number of hydrazine groups is 1. The Kier molecular flexibility index (Phi) is 8.52. The third kappa shape index (κ3) is 7.49. The van der Waals surface area contributed by atoms with E-state index in [1.54, 1.807) is 24.3 Å². The summed E-state index contributed by atoms with van der Waals surface area (Å²) < 4.78 is 11.0. The predicted octanol–water partition coefficient (Wildman–Crippen LogP) is 4.07. The van der Waals surface area contributed by atoms with Crippen LogP contribution in [0, 0.1) is 5.92 Å². The van der Waals surface area contributed by atoms with Crippen molar-refractivity contribution in [1.82, 2.24) is 10.9 Å². The van der Waals surface area contributed by atoms with E-state index in [0.29, 0.717) is 35.5 Å². The third-order valence-electron chi connectivity index (χ3n) is 4.45. The quantitative estimate of drug-likeness (QED) is 0.624. The third-order valence-corrected chi connectivity index (χ3v) is 4.45. The van der Waals surface area contributed by atoms with Crippen molar-refractivity contribution in [3.8, 4) is 11.5 Å². The molecule has 0 aromatic heterocycles. The Morgan fingerprint density at radius 2 is 1.45 bits per heavy atom. The summed E-state index contributed by atoms with van der Waals surface area (Å²) in [5, 5.41) is 0. The molecule has 0 saturated carbocycles. The lowest BCUT2D eigenvalue weighted by Crippen LogP contribution is -2.43. The predicted molar refractivity (Wildman–Crippen MR) is 113 cm³/mol. The van der Waals surface area contributed by atoms with Gasteiger partial charge in [-0.2, -0.15) is 0 Å². The molecule has 29 heavy (non-hydrogen) atoms. The van der Waals surface area contributed by atoms with Gasteiger partial charge in [-0.15, -0.1) is 0 Å². The molecule has 0 aliphatic carbocycles. The van der Waals surface area contributed by atoms with Crippen LogP contribution in [0.2, 0.25) is 0 Å². The summed E-state index contributed by atoms with van der Waals surface area (Å²) in [4.78, 5) is 24.0. The van der Waals surface area contributed by atoms with Gasteiger partial charge in [-0.3, -0.25) is 20.4 Å². The van der Waals surface area contributed by atoms with Gasteiger partial charge in [0.05, 0.1) is 6.61 Å². The number of hydrogen-bond acceptors (Lipinski definition) is 4. The Balaban J connectivity index is 1.74. The second-order valence-corrected chi connectivity index (χ2v) is 7.40. The molecule has 2 N–H and O–H groups in total. The Hall–Kier alpha value is -3.02. The molecule has 2 aromatic carbocycles. The summed E-state index contributed by atoms with van der Waals surface area (Å²) in [5.41, 5.74) is 6.38. The summed E-state index contributed by atoms with van der Waals surface area (Å²) >= 11 is 0. The van der Waals surface area contributed by atoms with E-state index in [9.17, 15) is 9.59 Å². The van der Waals surface area contributed by atoms with Gasteiger partial charge in [0.2, 0.25) is 0 Å². The Labute approximate surface area is 172 Å². The number of amides is 2. The van der Waals surface area contributed by atoms with Crippen LogP contribution in [-0.4, -0.2) is 25.0 Å². The summed E-state index contributed by atoms with van der Waals surface area (Å²) in [7, 11) is 0. The van der Waals surface area contributed by atoms with Crippen LogP contribution in [0.5, 0.6) is 11.5 Å². The molecule has 1 atom stereocenters. The fraction of sp³-hybridized carbons (Fsp3) is 0.391. The molecule has 0 radical (unpaired) electrons. The number of ether oxygens (including phenoxy) is 2. The molecule has 0 spiro atoms. The topological polar surface area (TPSA) is 76.7 Å². The molecular formula is C23H30N2O4. The summed E-state index contributed by atoms with van der Waals surface area (Å²) in [5.74, 6) is 1.36. The van der Waals surface area contributed by atoms with E-state index in [0.717, 1.165) is 6.42 Å². The van der Waals surface area contributed by atoms with E-state index in [4.69, 9.17) is 9.47 Å². The van der Waals surface area contributed by atoms with E-state index in [1.165, 1.54) is 5.56 Å². The lowest BCUT2D eigenvalue weighted by Gasteiger charge is -2.12. The average molecular weight is 399 g/mol. The van der Waals surface area contributed by atoms with E-state index < -0.39 is 11.8 Å². The van der Waals surface area contributed by atoms with Crippen LogP contribution in [0.15, 0.2) is 48.5 Å². The minimum atomic E-state index is -0.443. The van der Waals surface area contributed by atoms with Crippen LogP contribution >= 0.6 is 0 Å². The van der Waals surface area contributed by atoms with Crippen LogP contribution in [0.3, 0.4) is 0 Å². The van der Waals surface area contributed by atoms with Crippen molar-refractivity contribution in [2.75, 3.05) is 13.2 Å². The first kappa shape index (κ1) is 22.3. The molecule has 0 aliphatic heterocycles. The highest BCUT2D eigenvalue weighted by atomic mass is 16.5.